The summed E-state index contributed by atoms with van der Waals surface area (Å²) < 4.78 is 57.1. The average molecular weight is 2060 g/mol. The van der Waals surface area contributed by atoms with Crippen LogP contribution in [-0.2, 0) is 95.3 Å². The van der Waals surface area contributed by atoms with Crippen LogP contribution in [0.15, 0.2) is 0 Å². The molecule has 834 valence electrons. The van der Waals surface area contributed by atoms with Gasteiger partial charge in [0.05, 0.1) is 72.8 Å². The van der Waals surface area contributed by atoms with Gasteiger partial charge in [-0.3, -0.25) is 43.2 Å². The van der Waals surface area contributed by atoms with Gasteiger partial charge in [-0.15, -0.1) is 0 Å². The molecule has 0 amide bonds. The van der Waals surface area contributed by atoms with Crippen molar-refractivity contribution in [3.05, 3.63) is 0 Å². The van der Waals surface area contributed by atoms with Crippen molar-refractivity contribution >= 4 is 59.7 Å². The Morgan fingerprint density at radius 1 is 0.354 bits per heavy atom. The molecule has 0 aromatic rings. The number of hydrogen-bond acceptors (Lipinski definition) is 24. The molecule has 0 aromatic heterocycles. The first kappa shape index (κ1) is 118. The molecule has 23 saturated carbocycles. The molecule has 24 nitrogen and oxygen atoms in total. The van der Waals surface area contributed by atoms with Crippen LogP contribution in [0.1, 0.15) is 483 Å². The molecule has 2 aliphatic heterocycles. The zero-order chi connectivity index (χ0) is 109. The minimum absolute atomic E-state index is 0.0185. The first-order chi connectivity index (χ1) is 68.3. The molecule has 0 radical (unpaired) electrons. The van der Waals surface area contributed by atoms with Crippen LogP contribution in [-0.4, -0.2) is 150 Å². The highest BCUT2D eigenvalue weighted by atomic mass is 16.6. The summed E-state index contributed by atoms with van der Waals surface area (Å²) in [4.78, 5) is 121. The van der Waals surface area contributed by atoms with Crippen molar-refractivity contribution in [2.24, 2.45) is 149 Å². The Bertz CT molecular complexity index is 4540. The Morgan fingerprint density at radius 2 is 0.673 bits per heavy atom. The maximum atomic E-state index is 12.6. The second-order valence-electron chi connectivity index (χ2n) is 57.2. The van der Waals surface area contributed by atoms with Gasteiger partial charge in [0.15, 0.2) is 5.41 Å². The van der Waals surface area contributed by atoms with Gasteiger partial charge in [-0.1, -0.05) is 76.2 Å². The molecular formula is C123H199NO23. The summed E-state index contributed by atoms with van der Waals surface area (Å²) in [5.41, 5.74) is -8.09. The van der Waals surface area contributed by atoms with E-state index in [4.69, 9.17) is 47.4 Å². The van der Waals surface area contributed by atoms with Crippen LogP contribution in [0.3, 0.4) is 0 Å². The number of rotatable bonds is 27. The largest absolute Gasteiger partial charge is 0.463 e. The van der Waals surface area contributed by atoms with E-state index in [1.807, 2.05) is 132 Å². The third-order valence-electron chi connectivity index (χ3n) is 43.4. The molecular weight excluding hydrogens is 1860 g/mol. The molecule has 25 fully saturated rings. The van der Waals surface area contributed by atoms with Gasteiger partial charge >= 0.3 is 59.7 Å². The Labute approximate surface area is 884 Å². The summed E-state index contributed by atoms with van der Waals surface area (Å²) in [6, 6.07) is 2.15. The summed E-state index contributed by atoms with van der Waals surface area (Å²) in [6.07, 6.45) is 43.3. The van der Waals surface area contributed by atoms with E-state index in [0.717, 1.165) is 158 Å². The number of carbonyl (C=O) groups excluding carboxylic acids is 10. The van der Waals surface area contributed by atoms with Crippen LogP contribution in [0.2, 0.25) is 0 Å². The van der Waals surface area contributed by atoms with Crippen molar-refractivity contribution < 1.29 is 111 Å². The van der Waals surface area contributed by atoms with Crippen LogP contribution in [0.4, 0.5) is 0 Å². The lowest BCUT2D eigenvalue weighted by Crippen LogP contribution is -2.67. The Morgan fingerprint density at radius 3 is 1.01 bits per heavy atom. The minimum atomic E-state index is -0.974. The van der Waals surface area contributed by atoms with Crippen molar-refractivity contribution in [1.82, 2.24) is 0 Å². The zero-order valence-electron chi connectivity index (χ0n) is 96.5. The molecule has 10 unspecified atom stereocenters. The van der Waals surface area contributed by atoms with E-state index in [1.54, 1.807) is 13.8 Å². The molecule has 0 spiro atoms. The predicted molar refractivity (Wildman–Crippen MR) is 562 cm³/mol. The van der Waals surface area contributed by atoms with Gasteiger partial charge in [0.2, 0.25) is 6.10 Å². The van der Waals surface area contributed by atoms with Crippen LogP contribution >= 0.6 is 0 Å². The van der Waals surface area contributed by atoms with E-state index in [9.17, 15) is 68.5 Å². The number of cyclic esters (lactones) is 1. The minimum Gasteiger partial charge on any atom is -0.463 e. The van der Waals surface area contributed by atoms with Crippen molar-refractivity contribution in [2.45, 2.75) is 552 Å². The molecule has 25 aliphatic rings. The fraction of sp³-hybridized carbons (Fsp3) is 0.911. The highest BCUT2D eigenvalue weighted by Crippen LogP contribution is 2.68. The number of carbonyl (C=O) groups is 10. The van der Waals surface area contributed by atoms with Gasteiger partial charge in [0.1, 0.15) is 45.8 Å². The van der Waals surface area contributed by atoms with E-state index in [2.05, 4.69) is 54.5 Å². The summed E-state index contributed by atoms with van der Waals surface area (Å²) in [6.45, 7) is 56.3. The Hall–Kier alpha value is -5.93. The van der Waals surface area contributed by atoms with Crippen LogP contribution in [0, 0.1) is 161 Å². The second-order valence-corrected chi connectivity index (χ2v) is 57.2. The third-order valence-corrected chi connectivity index (χ3v) is 43.4. The van der Waals surface area contributed by atoms with Crippen LogP contribution in [0.5, 0.6) is 0 Å². The summed E-state index contributed by atoms with van der Waals surface area (Å²) in [5.74, 6) is 9.09. The van der Waals surface area contributed by atoms with Crippen molar-refractivity contribution in [1.29, 1.82) is 5.26 Å². The Kier molecular flexibility index (Phi) is 35.1. The number of nitriles is 1. The third kappa shape index (κ3) is 24.4. The van der Waals surface area contributed by atoms with Crippen molar-refractivity contribution in [3.63, 3.8) is 0 Å². The van der Waals surface area contributed by atoms with E-state index in [0.29, 0.717) is 105 Å². The standard InChI is InChI=1S/2C18H30O2.C17H28O2.C16H26O4.C16H26O3.C15H19NO4.C13H24O2.C10H16O4/c2*1-5-17(3,4)16(19)20-18(6-2)14-8-12-7-13(10-14)11-15(18)9-12;1-5-16(2,3)15(18)19-17(4)13-7-11-6-12(9-13)10-14(17)8-11;1-4-13(2,3)12(17)20-16-7-11-5-14(18,9-16)8-15(19,6-11)10-16;1-4-14(2,3)13(17)19-16-8-11-5-12(9-16)7-15(18,6-11)10-16;1-4-14(2,3)12(17)19-10-8-5-9-11(10)20-13(18)15(9,6-8)7-16;1-5-12(3,4)11(14)15-13(6-2)9-7-8-10-13;1-4-10(2,3)9(12)14-7-5-6-13-8(7)11/h2*12-15H,5-11H2,1-4H3;11-14H,5-10H2,1-4H3;11,18-19H,4-10H2,1-3H3;11-12,18H,4-10H2,1-3H3;8-11H,4-6H2,1-3H3;5-10H2,1-4H3;7H,4-6H2,1-3H3. The molecule has 25 rings (SSSR count). The quantitative estimate of drug-likeness (QED) is 0.0508. The smallest absolute Gasteiger partial charge is 0.347 e. The van der Waals surface area contributed by atoms with Crippen LogP contribution in [0.25, 0.3) is 0 Å². The normalized spacial score (nSPS) is 39.3. The molecule has 3 N–H and O–H groups in total. The molecule has 147 heavy (non-hydrogen) atoms. The number of hydrogen-bond donors (Lipinski definition) is 3. The molecule has 10 atom stereocenters. The fourth-order valence-electron chi connectivity index (χ4n) is 31.6. The van der Waals surface area contributed by atoms with E-state index in [-0.39, 0.29) is 121 Å². The van der Waals surface area contributed by atoms with Gasteiger partial charge < -0.3 is 62.7 Å². The maximum absolute atomic E-state index is 12.6. The number of esters is 10. The lowest BCUT2D eigenvalue weighted by molar-refractivity contribution is -0.264. The Balaban J connectivity index is 0.000000141. The van der Waals surface area contributed by atoms with E-state index >= 15 is 0 Å². The molecule has 22 bridgehead atoms. The monoisotopic (exact) mass is 2060 g/mol. The number of fused-ring (bicyclic) bond motifs is 1. The number of aliphatic hydroxyl groups is 3. The van der Waals surface area contributed by atoms with Gasteiger partial charge in [-0.2, -0.15) is 5.26 Å². The summed E-state index contributed by atoms with van der Waals surface area (Å²) >= 11 is 0. The zero-order valence-corrected chi connectivity index (χ0v) is 96.5. The molecule has 23 aliphatic carbocycles. The number of nitrogens with zero attached hydrogens (tertiary/aromatic N) is 1. The molecule has 2 saturated heterocycles. The first-order valence-electron chi connectivity index (χ1n) is 59.1. The highest BCUT2D eigenvalue weighted by Gasteiger charge is 2.74. The summed E-state index contributed by atoms with van der Waals surface area (Å²) in [7, 11) is 0. The van der Waals surface area contributed by atoms with E-state index in [1.165, 1.54) is 116 Å². The summed E-state index contributed by atoms with van der Waals surface area (Å²) in [5, 5.41) is 41.3. The second kappa shape index (κ2) is 43.7. The molecule has 2 heterocycles. The fourth-order valence-corrected chi connectivity index (χ4v) is 31.6. The van der Waals surface area contributed by atoms with Crippen molar-refractivity contribution in [2.75, 3.05) is 6.61 Å². The van der Waals surface area contributed by atoms with Crippen molar-refractivity contribution in [3.8, 4) is 6.07 Å². The van der Waals surface area contributed by atoms with Gasteiger partial charge in [-0.05, 0) is 463 Å². The van der Waals surface area contributed by atoms with Gasteiger partial charge in [-0.25, -0.2) is 4.79 Å². The van der Waals surface area contributed by atoms with Crippen LogP contribution < -0.4 is 0 Å². The predicted octanol–water partition coefficient (Wildman–Crippen LogP) is 25.3. The number of ether oxygens (including phenoxy) is 10. The first-order valence-corrected chi connectivity index (χ1v) is 59.1. The molecule has 24 heteroatoms. The molecule has 0 aromatic carbocycles. The topological polar surface area (TPSA) is 347 Å². The SMILES string of the molecule is CCC(C)(C)C(=O)OC1(C)C2CC3CC(C2)CC1C3.CCC(C)(C)C(=O)OC1(CC)C2CC3CC(C2)CC1C3.CCC(C)(C)C(=O)OC1(CC)C2CC3CC(C2)CC1C3.CCC(C)(C)C(=O)OC12CC3CC(CC(O)(C3)C1)C2.CCC(C)(C)C(=O)OC12CC3CC(O)(CC(O)(C3)C1)C2.CCC(C)(C)C(=O)OC1C2CC3C1OC(=O)C3(C#N)C2.CCC(C)(C)C(=O)OC1CCOC1=O.CCC1(OC(=O)C(C)(C)CC)CCCC1. The highest BCUT2D eigenvalue weighted by molar-refractivity contribution is 5.86. The van der Waals surface area contributed by atoms with Gasteiger partial charge in [0.25, 0.3) is 0 Å². The van der Waals surface area contributed by atoms with E-state index < -0.39 is 73.6 Å². The average Bonchev–Trinajstić information content (AvgIpc) is 1.52. The van der Waals surface area contributed by atoms with Gasteiger partial charge in [0, 0.05) is 43.9 Å². The lowest BCUT2D eigenvalue weighted by Gasteiger charge is -2.62. The maximum Gasteiger partial charge on any atom is 0.347 e. The lowest BCUT2D eigenvalue weighted by atomic mass is 9.49.